The van der Waals surface area contributed by atoms with Crippen molar-refractivity contribution in [3.63, 3.8) is 0 Å². The first kappa shape index (κ1) is 15.4. The van der Waals surface area contributed by atoms with Gasteiger partial charge in [0.15, 0.2) is 0 Å². The maximum absolute atomic E-state index is 12.7. The molecular weight excluding hydrogens is 228 g/mol. The van der Waals surface area contributed by atoms with Gasteiger partial charge in [0, 0.05) is 12.1 Å². The van der Waals surface area contributed by atoms with Crippen LogP contribution in [0.5, 0.6) is 0 Å². The van der Waals surface area contributed by atoms with Crippen molar-refractivity contribution >= 4 is 5.91 Å². The van der Waals surface area contributed by atoms with Crippen LogP contribution in [0, 0.1) is 0 Å². The van der Waals surface area contributed by atoms with Crippen molar-refractivity contribution in [1.29, 1.82) is 0 Å². The van der Waals surface area contributed by atoms with E-state index in [1.165, 1.54) is 0 Å². The molecule has 0 aromatic rings. The second-order valence-electron chi connectivity index (χ2n) is 6.91. The van der Waals surface area contributed by atoms with Crippen LogP contribution in [0.4, 0.5) is 0 Å². The number of nitrogens with zero attached hydrogens (tertiary/aromatic N) is 2. The predicted molar refractivity (Wildman–Crippen MR) is 71.4 cm³/mol. The van der Waals surface area contributed by atoms with E-state index in [2.05, 4.69) is 0 Å². The molecule has 0 spiro atoms. The largest absolute Gasteiger partial charge is 0.334 e. The number of carbonyl (C=O) groups excluding carboxylic acids is 1. The Balaban J connectivity index is 3.29. The highest BCUT2D eigenvalue weighted by molar-refractivity contribution is 5.87. The van der Waals surface area contributed by atoms with Gasteiger partial charge in [-0.05, 0) is 47.5 Å². The van der Waals surface area contributed by atoms with Crippen molar-refractivity contribution in [1.82, 2.24) is 9.96 Å². The Bertz CT molecular complexity index is 327. The average molecular weight is 255 g/mol. The Morgan fingerprint density at radius 1 is 1.17 bits per heavy atom. The molecule has 0 aromatic heterocycles. The van der Waals surface area contributed by atoms with Crippen molar-refractivity contribution in [3.05, 3.63) is 0 Å². The minimum Gasteiger partial charge on any atom is -0.334 e. The summed E-state index contributed by atoms with van der Waals surface area (Å²) in [6, 6.07) is 0. The van der Waals surface area contributed by atoms with Gasteiger partial charge in [-0.2, -0.15) is 0 Å². The van der Waals surface area contributed by atoms with Crippen LogP contribution in [0.15, 0.2) is 0 Å². The van der Waals surface area contributed by atoms with Crippen LogP contribution in [0.1, 0.15) is 61.3 Å². The van der Waals surface area contributed by atoms with Crippen LogP contribution < -0.4 is 0 Å². The van der Waals surface area contributed by atoms with Crippen LogP contribution in [0.25, 0.3) is 0 Å². The monoisotopic (exact) mass is 255 g/mol. The first-order valence-electron chi connectivity index (χ1n) is 6.82. The van der Waals surface area contributed by atoms with Crippen molar-refractivity contribution in [2.45, 2.75) is 77.9 Å². The molecule has 0 bridgehead atoms. The van der Waals surface area contributed by atoms with E-state index in [0.29, 0.717) is 19.4 Å². The lowest BCUT2D eigenvalue weighted by atomic mass is 9.81. The number of hydrogen-bond donors (Lipinski definition) is 0. The van der Waals surface area contributed by atoms with Crippen LogP contribution in [0.3, 0.4) is 0 Å². The lowest BCUT2D eigenvalue weighted by molar-refractivity contribution is -0.297. The topological polar surface area (TPSA) is 43.5 Å². The van der Waals surface area contributed by atoms with E-state index in [1.54, 1.807) is 0 Å². The summed E-state index contributed by atoms with van der Waals surface area (Å²) in [6.45, 7) is 14.3. The predicted octanol–water partition coefficient (Wildman–Crippen LogP) is 2.61. The Morgan fingerprint density at radius 2 is 1.61 bits per heavy atom. The van der Waals surface area contributed by atoms with E-state index in [-0.39, 0.29) is 11.4 Å². The molecule has 4 nitrogen and oxygen atoms in total. The molecule has 1 heterocycles. The molecule has 1 rings (SSSR count). The summed E-state index contributed by atoms with van der Waals surface area (Å²) in [4.78, 5) is 14.6. The summed E-state index contributed by atoms with van der Waals surface area (Å²) >= 11 is 0. The highest BCUT2D eigenvalue weighted by Crippen LogP contribution is 2.39. The normalized spacial score (nSPS) is 24.4. The number of hydroxylamine groups is 2. The zero-order valence-corrected chi connectivity index (χ0v) is 12.8. The van der Waals surface area contributed by atoms with Gasteiger partial charge in [0.1, 0.15) is 5.54 Å². The second kappa shape index (κ2) is 4.49. The van der Waals surface area contributed by atoms with Gasteiger partial charge in [0.05, 0.1) is 5.54 Å². The van der Waals surface area contributed by atoms with Crippen molar-refractivity contribution in [2.24, 2.45) is 0 Å². The molecule has 1 aliphatic heterocycles. The Labute approximate surface area is 111 Å². The molecule has 0 unspecified atom stereocenters. The van der Waals surface area contributed by atoms with E-state index in [1.807, 2.05) is 53.4 Å². The number of hydrogen-bond acceptors (Lipinski definition) is 2. The summed E-state index contributed by atoms with van der Waals surface area (Å²) in [5.74, 6) is -0.0191. The molecule has 0 atom stereocenters. The number of piperazine rings is 1. The molecule has 105 valence electrons. The zero-order valence-electron chi connectivity index (χ0n) is 12.8. The van der Waals surface area contributed by atoms with Gasteiger partial charge in [-0.3, -0.25) is 4.79 Å². The first-order valence-corrected chi connectivity index (χ1v) is 6.82. The smallest absolute Gasteiger partial charge is 0.246 e. The number of amides is 1. The fourth-order valence-corrected chi connectivity index (χ4v) is 2.82. The van der Waals surface area contributed by atoms with E-state index < -0.39 is 11.1 Å². The van der Waals surface area contributed by atoms with E-state index in [4.69, 9.17) is 0 Å². The van der Waals surface area contributed by atoms with Crippen LogP contribution >= 0.6 is 0 Å². The fraction of sp³-hybridized carbons (Fsp3) is 0.929. The number of rotatable bonds is 2. The first-order chi connectivity index (χ1) is 8.03. The molecule has 1 amide bonds. The van der Waals surface area contributed by atoms with Gasteiger partial charge in [-0.15, -0.1) is 10.3 Å². The molecule has 4 heteroatoms. The third kappa shape index (κ3) is 2.16. The second-order valence-corrected chi connectivity index (χ2v) is 6.91. The van der Waals surface area contributed by atoms with E-state index >= 15 is 0 Å². The third-order valence-corrected chi connectivity index (χ3v) is 4.11. The highest BCUT2D eigenvalue weighted by atomic mass is 16.5. The molecule has 1 aliphatic rings. The Hall–Kier alpha value is -0.610. The molecule has 1 saturated heterocycles. The number of carbonyl (C=O) groups is 1. The van der Waals surface area contributed by atoms with Crippen LogP contribution in [-0.2, 0) is 10.0 Å². The maximum atomic E-state index is 12.7. The summed E-state index contributed by atoms with van der Waals surface area (Å²) in [7, 11) is 0. The summed E-state index contributed by atoms with van der Waals surface area (Å²) in [5.41, 5.74) is -1.67. The molecule has 0 aliphatic carbocycles. The van der Waals surface area contributed by atoms with Gasteiger partial charge in [-0.1, -0.05) is 13.8 Å². The van der Waals surface area contributed by atoms with Gasteiger partial charge in [0.25, 0.3) is 0 Å². The summed E-state index contributed by atoms with van der Waals surface area (Å²) in [5, 5.41) is 13.6. The summed E-state index contributed by atoms with van der Waals surface area (Å²) < 4.78 is 0. The third-order valence-electron chi connectivity index (χ3n) is 4.11. The fourth-order valence-electron chi connectivity index (χ4n) is 2.82. The van der Waals surface area contributed by atoms with E-state index in [9.17, 15) is 10.0 Å². The standard InChI is InChI=1S/C14H27N2O2/c1-8-14(9-2)11(17)15(12(3,4)5)10-13(6,7)16(14)18/h8-10H2,1-7H3. The van der Waals surface area contributed by atoms with Gasteiger partial charge in [0.2, 0.25) is 5.91 Å². The maximum Gasteiger partial charge on any atom is 0.246 e. The molecule has 0 N–H and O–H groups in total. The minimum absolute atomic E-state index is 0.0191. The van der Waals surface area contributed by atoms with Gasteiger partial charge in [-0.25, -0.2) is 0 Å². The molecule has 1 fully saturated rings. The van der Waals surface area contributed by atoms with Crippen LogP contribution in [0.2, 0.25) is 0 Å². The molecular formula is C14H27N2O2. The van der Waals surface area contributed by atoms with Crippen LogP contribution in [-0.4, -0.2) is 39.0 Å². The SMILES string of the molecule is CCC1(CC)C(=O)N(C(C)(C)C)CC(C)(C)N1[O]. The van der Waals surface area contributed by atoms with Gasteiger partial charge < -0.3 is 4.90 Å². The van der Waals surface area contributed by atoms with E-state index in [0.717, 1.165) is 5.06 Å². The average Bonchev–Trinajstić information content (AvgIpc) is 2.25. The lowest BCUT2D eigenvalue weighted by Crippen LogP contribution is -2.74. The van der Waals surface area contributed by atoms with Gasteiger partial charge >= 0.3 is 0 Å². The zero-order chi connectivity index (χ0) is 14.4. The summed E-state index contributed by atoms with van der Waals surface area (Å²) in [6.07, 6.45) is 1.11. The molecule has 18 heavy (non-hydrogen) atoms. The van der Waals surface area contributed by atoms with Crippen molar-refractivity contribution in [2.75, 3.05) is 6.54 Å². The Kier molecular flexibility index (Phi) is 3.86. The quantitative estimate of drug-likeness (QED) is 0.761. The lowest BCUT2D eigenvalue weighted by Gasteiger charge is -2.56. The Morgan fingerprint density at radius 3 is 1.94 bits per heavy atom. The molecule has 1 radical (unpaired) electrons. The highest BCUT2D eigenvalue weighted by Gasteiger charge is 2.56. The molecule has 0 saturated carbocycles. The molecule has 0 aromatic carbocycles. The van der Waals surface area contributed by atoms with Crippen molar-refractivity contribution in [3.8, 4) is 0 Å². The van der Waals surface area contributed by atoms with Crippen molar-refractivity contribution < 1.29 is 10.0 Å². The minimum atomic E-state index is -0.894.